The monoisotopic (exact) mass is 512 g/mol. The van der Waals surface area contributed by atoms with Gasteiger partial charge in [-0.3, -0.25) is 28.8 Å². The molecule has 0 rings (SSSR count). The van der Waals surface area contributed by atoms with E-state index in [4.69, 9.17) is 20.4 Å². The molecule has 33 heavy (non-hydrogen) atoms. The number of ketones is 3. The Kier molecular flexibility index (Phi) is 31.0. The van der Waals surface area contributed by atoms with E-state index in [0.29, 0.717) is 31.8 Å². The van der Waals surface area contributed by atoms with E-state index in [-0.39, 0.29) is 39.1 Å². The van der Waals surface area contributed by atoms with E-state index in [2.05, 4.69) is 0 Å². The molecule has 0 spiro atoms. The predicted octanol–water partition coefficient (Wildman–Crippen LogP) is 2.69. The van der Waals surface area contributed by atoms with Crippen LogP contribution in [-0.4, -0.2) is 62.3 Å². The molecular formula is C22H40O10Ti. The second-order valence-electron chi connectivity index (χ2n) is 7.31. The smallest absolute Gasteiger partial charge is 0.314 e. The molecule has 11 heteroatoms. The van der Waals surface area contributed by atoms with Crippen LogP contribution in [0.1, 0.15) is 74.7 Å². The summed E-state index contributed by atoms with van der Waals surface area (Å²) in [5.74, 6) is -5.85. The van der Waals surface area contributed by atoms with E-state index in [0.717, 1.165) is 0 Å². The van der Waals surface area contributed by atoms with Gasteiger partial charge in [0.25, 0.3) is 0 Å². The van der Waals surface area contributed by atoms with Gasteiger partial charge in [-0.25, -0.2) is 0 Å². The third-order valence-electron chi connectivity index (χ3n) is 3.96. The number of hydrogen-bond acceptors (Lipinski definition) is 7. The van der Waals surface area contributed by atoms with Crippen LogP contribution in [0, 0.1) is 23.7 Å². The van der Waals surface area contributed by atoms with E-state index in [9.17, 15) is 28.8 Å². The molecule has 0 saturated carbocycles. The van der Waals surface area contributed by atoms with Crippen LogP contribution < -0.4 is 0 Å². The molecule has 3 unspecified atom stereocenters. The maximum atomic E-state index is 10.4. The molecule has 10 nitrogen and oxygen atoms in total. The molecule has 192 valence electrons. The Bertz CT molecular complexity index is 484. The first-order valence-electron chi connectivity index (χ1n) is 10.4. The number of carbonyl (C=O) groups excluding carboxylic acids is 3. The van der Waals surface area contributed by atoms with Gasteiger partial charge in [-0.05, 0) is 46.0 Å². The van der Waals surface area contributed by atoms with Crippen molar-refractivity contribution in [2.24, 2.45) is 23.7 Å². The predicted molar refractivity (Wildman–Crippen MR) is 118 cm³/mol. The molecule has 0 amide bonds. The van der Waals surface area contributed by atoms with Crippen LogP contribution >= 0.6 is 0 Å². The van der Waals surface area contributed by atoms with Gasteiger partial charge >= 0.3 is 17.9 Å². The summed E-state index contributed by atoms with van der Waals surface area (Å²) in [5, 5.41) is 33.1. The summed E-state index contributed by atoms with van der Waals surface area (Å²) >= 11 is 0. The van der Waals surface area contributed by atoms with Gasteiger partial charge in [0.05, 0.1) is 0 Å². The number of aliphatic carboxylic acids is 3. The van der Waals surface area contributed by atoms with E-state index in [1.807, 2.05) is 13.8 Å². The largest absolute Gasteiger partial charge is 0.481 e. The summed E-state index contributed by atoms with van der Waals surface area (Å²) < 4.78 is 0. The molecule has 0 aromatic rings. The second kappa shape index (κ2) is 24.7. The summed E-state index contributed by atoms with van der Waals surface area (Å²) in [4.78, 5) is 61.8. The minimum atomic E-state index is -1.02. The SMILES string of the molecule is CC(C)CO.CCC(C(C)=O)C(=O)O.CCC(C(C)=O)C(=O)O.CCC(C(C)=O)C(=O)O.[Ti]. The molecule has 0 fully saturated rings. The van der Waals surface area contributed by atoms with Crippen molar-refractivity contribution in [3.05, 3.63) is 0 Å². The van der Waals surface area contributed by atoms with Crippen molar-refractivity contribution in [1.29, 1.82) is 0 Å². The topological polar surface area (TPSA) is 183 Å². The first-order valence-corrected chi connectivity index (χ1v) is 10.4. The third-order valence-corrected chi connectivity index (χ3v) is 3.96. The van der Waals surface area contributed by atoms with E-state index in [1.54, 1.807) is 20.8 Å². The van der Waals surface area contributed by atoms with Crippen molar-refractivity contribution in [3.63, 3.8) is 0 Å². The van der Waals surface area contributed by atoms with Crippen LogP contribution in [0.15, 0.2) is 0 Å². The number of Topliss-reactive ketones (excluding diaryl/α,β-unsaturated/α-hetero) is 3. The molecule has 0 heterocycles. The van der Waals surface area contributed by atoms with Crippen molar-refractivity contribution in [2.75, 3.05) is 6.61 Å². The fourth-order valence-electron chi connectivity index (χ4n) is 1.91. The maximum absolute atomic E-state index is 10.4. The molecule has 0 aliphatic rings. The van der Waals surface area contributed by atoms with Gasteiger partial charge in [-0.2, -0.15) is 0 Å². The van der Waals surface area contributed by atoms with Crippen molar-refractivity contribution in [2.45, 2.75) is 74.7 Å². The Morgan fingerprint density at radius 3 is 0.727 bits per heavy atom. The first kappa shape index (κ1) is 41.4. The zero-order valence-corrected chi connectivity index (χ0v) is 22.4. The summed E-state index contributed by atoms with van der Waals surface area (Å²) in [6.07, 6.45) is 1.14. The molecular weight excluding hydrogens is 472 g/mol. The zero-order valence-electron chi connectivity index (χ0n) is 20.9. The summed E-state index contributed by atoms with van der Waals surface area (Å²) in [7, 11) is 0. The van der Waals surface area contributed by atoms with E-state index < -0.39 is 35.7 Å². The zero-order chi connectivity index (χ0) is 26.6. The Balaban J connectivity index is -0.000000107. The summed E-state index contributed by atoms with van der Waals surface area (Å²) in [6.45, 7) is 13.2. The average Bonchev–Trinajstić information content (AvgIpc) is 2.62. The molecule has 4 N–H and O–H groups in total. The van der Waals surface area contributed by atoms with E-state index >= 15 is 0 Å². The Morgan fingerprint density at radius 1 is 0.576 bits per heavy atom. The normalized spacial score (nSPS) is 11.8. The molecule has 0 radical (unpaired) electrons. The van der Waals surface area contributed by atoms with E-state index in [1.165, 1.54) is 20.8 Å². The number of aliphatic hydroxyl groups is 1. The van der Waals surface area contributed by atoms with Crippen LogP contribution in [0.2, 0.25) is 0 Å². The van der Waals surface area contributed by atoms with Gasteiger partial charge in [0.2, 0.25) is 0 Å². The standard InChI is InChI=1S/3C6H10O3.C4H10O.Ti/c3*1-3-5(4(2)7)6(8)9;1-4(2)3-5;/h3*5H,3H2,1-2H3,(H,8,9);4-5H,3H2,1-2H3;. The quantitative estimate of drug-likeness (QED) is 0.251. The van der Waals surface area contributed by atoms with Gasteiger partial charge in [0.1, 0.15) is 35.1 Å². The van der Waals surface area contributed by atoms with Gasteiger partial charge in [-0.1, -0.05) is 34.6 Å². The number of carbonyl (C=O) groups is 6. The second-order valence-corrected chi connectivity index (χ2v) is 7.31. The molecule has 3 atom stereocenters. The molecule has 0 aromatic heterocycles. The Labute approximate surface area is 211 Å². The molecule has 0 bridgehead atoms. The number of hydrogen-bond donors (Lipinski definition) is 4. The van der Waals surface area contributed by atoms with Gasteiger partial charge < -0.3 is 20.4 Å². The Morgan fingerprint density at radius 2 is 0.727 bits per heavy atom. The molecule has 0 aliphatic heterocycles. The number of rotatable bonds is 10. The molecule has 0 saturated heterocycles. The van der Waals surface area contributed by atoms with Crippen LogP contribution in [0.5, 0.6) is 0 Å². The van der Waals surface area contributed by atoms with Crippen molar-refractivity contribution < 1.29 is 70.9 Å². The minimum Gasteiger partial charge on any atom is -0.481 e. The molecule has 0 aromatic carbocycles. The van der Waals surface area contributed by atoms with Crippen LogP contribution in [0.4, 0.5) is 0 Å². The fraction of sp³-hybridized carbons (Fsp3) is 0.727. The molecule has 0 aliphatic carbocycles. The van der Waals surface area contributed by atoms with Gasteiger partial charge in [0.15, 0.2) is 0 Å². The van der Waals surface area contributed by atoms with Gasteiger partial charge in [-0.15, -0.1) is 0 Å². The Hall–Kier alpha value is -1.91. The van der Waals surface area contributed by atoms with Crippen molar-refractivity contribution in [1.82, 2.24) is 0 Å². The van der Waals surface area contributed by atoms with Crippen LogP contribution in [0.3, 0.4) is 0 Å². The fourth-order valence-corrected chi connectivity index (χ4v) is 1.91. The number of carboxylic acids is 3. The number of carboxylic acid groups (broad SMARTS) is 3. The first-order chi connectivity index (χ1) is 14.5. The number of aliphatic hydroxyl groups excluding tert-OH is 1. The van der Waals surface area contributed by atoms with Crippen LogP contribution in [-0.2, 0) is 50.5 Å². The van der Waals surface area contributed by atoms with Crippen LogP contribution in [0.25, 0.3) is 0 Å². The summed E-state index contributed by atoms with van der Waals surface area (Å²) in [5.41, 5.74) is 0. The average molecular weight is 512 g/mol. The maximum Gasteiger partial charge on any atom is 0.314 e. The van der Waals surface area contributed by atoms with Crippen molar-refractivity contribution >= 4 is 35.3 Å². The summed E-state index contributed by atoms with van der Waals surface area (Å²) in [6, 6.07) is 0. The van der Waals surface area contributed by atoms with Crippen molar-refractivity contribution in [3.8, 4) is 0 Å². The minimum absolute atomic E-state index is 0. The van der Waals surface area contributed by atoms with Gasteiger partial charge in [0, 0.05) is 28.3 Å². The third kappa shape index (κ3) is 26.2.